The van der Waals surface area contributed by atoms with Gasteiger partial charge in [0.1, 0.15) is 0 Å². The molecule has 1 saturated carbocycles. The normalized spacial score (nSPS) is 22.8. The van der Waals surface area contributed by atoms with Crippen molar-refractivity contribution in [2.45, 2.75) is 39.2 Å². The molecule has 98 valence electrons. The zero-order valence-corrected chi connectivity index (χ0v) is 11.4. The molecule has 3 nitrogen and oxygen atoms in total. The summed E-state index contributed by atoms with van der Waals surface area (Å²) in [5.41, 5.74) is 2.80. The van der Waals surface area contributed by atoms with Gasteiger partial charge in [-0.3, -0.25) is 4.79 Å². The van der Waals surface area contributed by atoms with Gasteiger partial charge in [0.05, 0.1) is 5.56 Å². The second kappa shape index (κ2) is 5.42. The molecule has 0 saturated heterocycles. The minimum atomic E-state index is 0.0402. The lowest BCUT2D eigenvalue weighted by molar-refractivity contribution is 0.0938. The topological polar surface area (TPSA) is 41.1 Å². The van der Waals surface area contributed by atoms with Gasteiger partial charge in [-0.1, -0.05) is 13.0 Å². The number of hydrogen-bond acceptors (Lipinski definition) is 2. The van der Waals surface area contributed by atoms with Gasteiger partial charge in [-0.2, -0.15) is 0 Å². The Morgan fingerprint density at radius 3 is 2.72 bits per heavy atom. The average molecular weight is 246 g/mol. The molecule has 0 heterocycles. The van der Waals surface area contributed by atoms with E-state index >= 15 is 0 Å². The quantitative estimate of drug-likeness (QED) is 0.861. The van der Waals surface area contributed by atoms with Crippen LogP contribution in [0.4, 0.5) is 5.69 Å². The molecule has 2 rings (SSSR count). The van der Waals surface area contributed by atoms with Crippen LogP contribution < -0.4 is 10.6 Å². The fourth-order valence-corrected chi connectivity index (χ4v) is 2.66. The minimum Gasteiger partial charge on any atom is -0.387 e. The van der Waals surface area contributed by atoms with Crippen molar-refractivity contribution in [2.24, 2.45) is 5.92 Å². The van der Waals surface area contributed by atoms with Crippen LogP contribution in [0.1, 0.15) is 42.1 Å². The molecular formula is C15H22N2O. The fourth-order valence-electron chi connectivity index (χ4n) is 2.66. The molecule has 1 aliphatic rings. The first-order valence-electron chi connectivity index (χ1n) is 6.69. The van der Waals surface area contributed by atoms with Crippen LogP contribution in [-0.4, -0.2) is 19.0 Å². The Hall–Kier alpha value is -1.51. The van der Waals surface area contributed by atoms with Gasteiger partial charge in [0, 0.05) is 18.8 Å². The van der Waals surface area contributed by atoms with Crippen LogP contribution in [0.2, 0.25) is 0 Å². The number of carbonyl (C=O) groups excluding carboxylic acids is 1. The predicted molar refractivity (Wildman–Crippen MR) is 75.0 cm³/mol. The summed E-state index contributed by atoms with van der Waals surface area (Å²) in [5, 5.41) is 6.23. The second-order valence-electron chi connectivity index (χ2n) is 5.39. The summed E-state index contributed by atoms with van der Waals surface area (Å²) in [4.78, 5) is 12.2. The van der Waals surface area contributed by atoms with Crippen LogP contribution in [0, 0.1) is 12.8 Å². The van der Waals surface area contributed by atoms with Gasteiger partial charge < -0.3 is 10.6 Å². The van der Waals surface area contributed by atoms with Crippen LogP contribution in [-0.2, 0) is 0 Å². The van der Waals surface area contributed by atoms with Gasteiger partial charge in [0.2, 0.25) is 0 Å². The third-order valence-corrected chi connectivity index (χ3v) is 3.72. The van der Waals surface area contributed by atoms with Crippen LogP contribution in [0.5, 0.6) is 0 Å². The maximum absolute atomic E-state index is 12.2. The highest BCUT2D eigenvalue weighted by molar-refractivity contribution is 5.99. The van der Waals surface area contributed by atoms with E-state index < -0.39 is 0 Å². The number of amides is 1. The van der Waals surface area contributed by atoms with E-state index in [-0.39, 0.29) is 5.91 Å². The van der Waals surface area contributed by atoms with Crippen molar-refractivity contribution in [1.29, 1.82) is 0 Å². The van der Waals surface area contributed by atoms with E-state index in [1.807, 2.05) is 32.2 Å². The minimum absolute atomic E-state index is 0.0402. The van der Waals surface area contributed by atoms with Gasteiger partial charge in [0.25, 0.3) is 5.91 Å². The maximum atomic E-state index is 12.2. The average Bonchev–Trinajstić information content (AvgIpc) is 2.74. The van der Waals surface area contributed by atoms with Crippen molar-refractivity contribution in [3.05, 3.63) is 29.3 Å². The maximum Gasteiger partial charge on any atom is 0.253 e. The van der Waals surface area contributed by atoms with Crippen molar-refractivity contribution in [3.8, 4) is 0 Å². The molecule has 0 spiro atoms. The molecule has 0 aliphatic heterocycles. The van der Waals surface area contributed by atoms with E-state index in [2.05, 4.69) is 17.6 Å². The molecule has 0 radical (unpaired) electrons. The molecule has 3 heteroatoms. The SMILES string of the molecule is CNc1cc(C)ccc1C(=O)NC1CCC(C)C1. The highest BCUT2D eigenvalue weighted by Crippen LogP contribution is 2.25. The Labute approximate surface area is 109 Å². The Kier molecular flexibility index (Phi) is 3.90. The molecule has 2 atom stereocenters. The van der Waals surface area contributed by atoms with Gasteiger partial charge in [-0.25, -0.2) is 0 Å². The summed E-state index contributed by atoms with van der Waals surface area (Å²) in [6, 6.07) is 6.23. The lowest BCUT2D eigenvalue weighted by Gasteiger charge is -2.15. The van der Waals surface area contributed by atoms with Crippen molar-refractivity contribution in [3.63, 3.8) is 0 Å². The van der Waals surface area contributed by atoms with Crippen LogP contribution in [0.3, 0.4) is 0 Å². The third-order valence-electron chi connectivity index (χ3n) is 3.72. The van der Waals surface area contributed by atoms with E-state index in [0.717, 1.165) is 35.6 Å². The molecule has 18 heavy (non-hydrogen) atoms. The Balaban J connectivity index is 2.09. The van der Waals surface area contributed by atoms with E-state index in [1.165, 1.54) is 6.42 Å². The van der Waals surface area contributed by atoms with Gasteiger partial charge in [0.15, 0.2) is 0 Å². The Bertz CT molecular complexity index is 442. The highest BCUT2D eigenvalue weighted by Gasteiger charge is 2.23. The predicted octanol–water partition coefficient (Wildman–Crippen LogP) is 2.96. The summed E-state index contributed by atoms with van der Waals surface area (Å²) in [6.07, 6.45) is 3.43. The molecule has 1 aromatic carbocycles. The summed E-state index contributed by atoms with van der Waals surface area (Å²) in [7, 11) is 1.85. The number of aryl methyl sites for hydroxylation is 1. The number of rotatable bonds is 3. The standard InChI is InChI=1S/C15H22N2O/c1-10-4-6-12(8-10)17-15(18)13-7-5-11(2)9-14(13)16-3/h5,7,9-10,12,16H,4,6,8H2,1-3H3,(H,17,18). The lowest BCUT2D eigenvalue weighted by Crippen LogP contribution is -2.33. The number of carbonyl (C=O) groups is 1. The molecular weight excluding hydrogens is 224 g/mol. The highest BCUT2D eigenvalue weighted by atomic mass is 16.1. The van der Waals surface area contributed by atoms with Crippen molar-refractivity contribution < 1.29 is 4.79 Å². The number of benzene rings is 1. The monoisotopic (exact) mass is 246 g/mol. The first-order valence-corrected chi connectivity index (χ1v) is 6.69. The third kappa shape index (κ3) is 2.84. The van der Waals surface area contributed by atoms with Crippen molar-refractivity contribution in [1.82, 2.24) is 5.32 Å². The number of nitrogens with one attached hydrogen (secondary N) is 2. The molecule has 1 amide bonds. The first kappa shape index (κ1) is 12.9. The Morgan fingerprint density at radius 1 is 1.33 bits per heavy atom. The summed E-state index contributed by atoms with van der Waals surface area (Å²) in [5.74, 6) is 0.774. The zero-order chi connectivity index (χ0) is 13.1. The second-order valence-corrected chi connectivity index (χ2v) is 5.39. The molecule has 1 aromatic rings. The molecule has 2 unspecified atom stereocenters. The van der Waals surface area contributed by atoms with E-state index in [1.54, 1.807) is 0 Å². The van der Waals surface area contributed by atoms with Crippen molar-refractivity contribution in [2.75, 3.05) is 12.4 Å². The van der Waals surface area contributed by atoms with E-state index in [9.17, 15) is 4.79 Å². The largest absolute Gasteiger partial charge is 0.387 e. The Morgan fingerprint density at radius 2 is 2.11 bits per heavy atom. The number of hydrogen-bond donors (Lipinski definition) is 2. The first-order chi connectivity index (χ1) is 8.60. The van der Waals surface area contributed by atoms with Crippen molar-refractivity contribution >= 4 is 11.6 Å². The summed E-state index contributed by atoms with van der Waals surface area (Å²) < 4.78 is 0. The van der Waals surface area contributed by atoms with Gasteiger partial charge >= 0.3 is 0 Å². The van der Waals surface area contributed by atoms with Gasteiger partial charge in [-0.15, -0.1) is 0 Å². The zero-order valence-electron chi connectivity index (χ0n) is 11.4. The van der Waals surface area contributed by atoms with Crippen LogP contribution >= 0.6 is 0 Å². The molecule has 1 aliphatic carbocycles. The molecule has 0 bridgehead atoms. The lowest BCUT2D eigenvalue weighted by atomic mass is 10.1. The van der Waals surface area contributed by atoms with E-state index in [0.29, 0.717) is 6.04 Å². The van der Waals surface area contributed by atoms with Crippen LogP contribution in [0.25, 0.3) is 0 Å². The number of anilines is 1. The van der Waals surface area contributed by atoms with Crippen LogP contribution in [0.15, 0.2) is 18.2 Å². The van der Waals surface area contributed by atoms with E-state index in [4.69, 9.17) is 0 Å². The fraction of sp³-hybridized carbons (Fsp3) is 0.533. The molecule has 0 aromatic heterocycles. The summed E-state index contributed by atoms with van der Waals surface area (Å²) >= 11 is 0. The summed E-state index contributed by atoms with van der Waals surface area (Å²) in [6.45, 7) is 4.28. The smallest absolute Gasteiger partial charge is 0.253 e. The molecule has 2 N–H and O–H groups in total. The van der Waals surface area contributed by atoms with Gasteiger partial charge in [-0.05, 0) is 49.8 Å². The molecule has 1 fully saturated rings.